The SMILES string of the molecule is O=C(O)CCCCOCC(=O)O. The number of carboxylic acids is 2. The monoisotopic (exact) mass is 176 g/mol. The number of ether oxygens (including phenoxy) is 1. The van der Waals surface area contributed by atoms with E-state index in [9.17, 15) is 9.59 Å². The van der Waals surface area contributed by atoms with Gasteiger partial charge >= 0.3 is 11.9 Å². The molecular formula is C7H12O5. The van der Waals surface area contributed by atoms with Gasteiger partial charge in [0.1, 0.15) is 6.61 Å². The van der Waals surface area contributed by atoms with Crippen molar-refractivity contribution < 1.29 is 24.5 Å². The van der Waals surface area contributed by atoms with E-state index < -0.39 is 11.9 Å². The molecule has 0 amide bonds. The highest BCUT2D eigenvalue weighted by molar-refractivity contribution is 5.68. The normalized spacial score (nSPS) is 9.67. The summed E-state index contributed by atoms with van der Waals surface area (Å²) < 4.78 is 4.68. The fraction of sp³-hybridized carbons (Fsp3) is 0.714. The molecule has 0 saturated carbocycles. The summed E-state index contributed by atoms with van der Waals surface area (Å²) in [5.41, 5.74) is 0. The van der Waals surface area contributed by atoms with E-state index >= 15 is 0 Å². The molecule has 0 radical (unpaired) electrons. The van der Waals surface area contributed by atoms with E-state index in [0.29, 0.717) is 19.4 Å². The van der Waals surface area contributed by atoms with E-state index in [2.05, 4.69) is 4.74 Å². The van der Waals surface area contributed by atoms with Crippen LogP contribution in [0, 0.1) is 0 Å². The highest BCUT2D eigenvalue weighted by Crippen LogP contribution is 1.95. The molecule has 0 aliphatic carbocycles. The Kier molecular flexibility index (Phi) is 6.00. The largest absolute Gasteiger partial charge is 0.481 e. The van der Waals surface area contributed by atoms with Crippen LogP contribution in [0.2, 0.25) is 0 Å². The predicted octanol–water partition coefficient (Wildman–Crippen LogP) is 0.343. The third-order valence-corrected chi connectivity index (χ3v) is 1.15. The summed E-state index contributed by atoms with van der Waals surface area (Å²) in [5.74, 6) is -1.85. The molecule has 12 heavy (non-hydrogen) atoms. The Morgan fingerprint density at radius 3 is 2.25 bits per heavy atom. The summed E-state index contributed by atoms with van der Waals surface area (Å²) in [4.78, 5) is 19.9. The molecule has 0 aliphatic rings. The maximum atomic E-state index is 10.0. The molecule has 0 aromatic rings. The Morgan fingerprint density at radius 2 is 1.75 bits per heavy atom. The molecule has 5 heteroatoms. The first-order valence-electron chi connectivity index (χ1n) is 3.64. The van der Waals surface area contributed by atoms with Crippen LogP contribution in [-0.2, 0) is 14.3 Å². The van der Waals surface area contributed by atoms with Crippen molar-refractivity contribution in [2.45, 2.75) is 19.3 Å². The van der Waals surface area contributed by atoms with E-state index in [1.165, 1.54) is 0 Å². The third-order valence-electron chi connectivity index (χ3n) is 1.15. The number of carboxylic acid groups (broad SMARTS) is 2. The molecule has 70 valence electrons. The Labute approximate surface area is 70.0 Å². The average Bonchev–Trinajstić information content (AvgIpc) is 1.95. The molecule has 2 N–H and O–H groups in total. The predicted molar refractivity (Wildman–Crippen MR) is 39.9 cm³/mol. The Morgan fingerprint density at radius 1 is 1.08 bits per heavy atom. The number of rotatable bonds is 7. The molecule has 0 aromatic heterocycles. The van der Waals surface area contributed by atoms with Gasteiger partial charge in [-0.1, -0.05) is 0 Å². The second-order valence-corrected chi connectivity index (χ2v) is 2.30. The molecule has 0 rings (SSSR count). The van der Waals surface area contributed by atoms with Gasteiger partial charge in [-0.05, 0) is 12.8 Å². The van der Waals surface area contributed by atoms with Crippen LogP contribution in [0.1, 0.15) is 19.3 Å². The van der Waals surface area contributed by atoms with Crippen molar-refractivity contribution in [2.24, 2.45) is 0 Å². The van der Waals surface area contributed by atoms with Crippen molar-refractivity contribution in [1.82, 2.24) is 0 Å². The molecule has 0 aliphatic heterocycles. The Hall–Kier alpha value is -1.10. The van der Waals surface area contributed by atoms with Gasteiger partial charge in [0, 0.05) is 13.0 Å². The summed E-state index contributed by atoms with van der Waals surface area (Å²) in [5, 5.41) is 16.4. The molecule has 0 saturated heterocycles. The lowest BCUT2D eigenvalue weighted by molar-refractivity contribution is -0.142. The van der Waals surface area contributed by atoms with E-state index in [4.69, 9.17) is 10.2 Å². The number of hydrogen-bond donors (Lipinski definition) is 2. The molecule has 5 nitrogen and oxygen atoms in total. The zero-order valence-electron chi connectivity index (χ0n) is 6.65. The Bertz CT molecular complexity index is 136. The number of hydrogen-bond acceptors (Lipinski definition) is 3. The lowest BCUT2D eigenvalue weighted by Gasteiger charge is -1.98. The van der Waals surface area contributed by atoms with Crippen LogP contribution in [0.3, 0.4) is 0 Å². The highest BCUT2D eigenvalue weighted by Gasteiger charge is 1.98. The van der Waals surface area contributed by atoms with E-state index in [1.54, 1.807) is 0 Å². The maximum absolute atomic E-state index is 10.0. The van der Waals surface area contributed by atoms with Gasteiger partial charge < -0.3 is 14.9 Å². The van der Waals surface area contributed by atoms with Crippen molar-refractivity contribution in [3.8, 4) is 0 Å². The average molecular weight is 176 g/mol. The maximum Gasteiger partial charge on any atom is 0.329 e. The van der Waals surface area contributed by atoms with Crippen LogP contribution < -0.4 is 0 Å². The minimum atomic E-state index is -1.01. The van der Waals surface area contributed by atoms with Gasteiger partial charge in [0.2, 0.25) is 0 Å². The van der Waals surface area contributed by atoms with Crippen LogP contribution in [0.25, 0.3) is 0 Å². The van der Waals surface area contributed by atoms with Gasteiger partial charge in [-0.25, -0.2) is 4.79 Å². The number of unbranched alkanes of at least 4 members (excludes halogenated alkanes) is 1. The van der Waals surface area contributed by atoms with E-state index in [1.807, 2.05) is 0 Å². The van der Waals surface area contributed by atoms with Gasteiger partial charge in [-0.2, -0.15) is 0 Å². The van der Waals surface area contributed by atoms with Gasteiger partial charge in [-0.3, -0.25) is 4.79 Å². The lowest BCUT2D eigenvalue weighted by Crippen LogP contribution is -2.07. The fourth-order valence-electron chi connectivity index (χ4n) is 0.640. The van der Waals surface area contributed by atoms with Crippen molar-refractivity contribution in [3.63, 3.8) is 0 Å². The smallest absolute Gasteiger partial charge is 0.329 e. The van der Waals surface area contributed by atoms with Crippen molar-refractivity contribution in [3.05, 3.63) is 0 Å². The molecular weight excluding hydrogens is 164 g/mol. The lowest BCUT2D eigenvalue weighted by atomic mass is 10.2. The summed E-state index contributed by atoms with van der Waals surface area (Å²) in [7, 11) is 0. The quantitative estimate of drug-likeness (QED) is 0.546. The molecule has 0 spiro atoms. The van der Waals surface area contributed by atoms with Crippen molar-refractivity contribution in [2.75, 3.05) is 13.2 Å². The van der Waals surface area contributed by atoms with Crippen LogP contribution in [0.5, 0.6) is 0 Å². The molecule has 0 aromatic carbocycles. The van der Waals surface area contributed by atoms with Crippen molar-refractivity contribution >= 4 is 11.9 Å². The molecule has 0 heterocycles. The second-order valence-electron chi connectivity index (χ2n) is 2.30. The van der Waals surface area contributed by atoms with Crippen LogP contribution in [0.4, 0.5) is 0 Å². The first-order chi connectivity index (χ1) is 5.63. The molecule has 0 atom stereocenters. The van der Waals surface area contributed by atoms with Gasteiger partial charge in [0.05, 0.1) is 0 Å². The first-order valence-corrected chi connectivity index (χ1v) is 3.64. The van der Waals surface area contributed by atoms with Crippen LogP contribution >= 0.6 is 0 Å². The van der Waals surface area contributed by atoms with E-state index in [0.717, 1.165) is 0 Å². The summed E-state index contributed by atoms with van der Waals surface area (Å²) in [6, 6.07) is 0. The van der Waals surface area contributed by atoms with E-state index in [-0.39, 0.29) is 13.0 Å². The van der Waals surface area contributed by atoms with Crippen molar-refractivity contribution in [1.29, 1.82) is 0 Å². The number of carbonyl (C=O) groups is 2. The Balaban J connectivity index is 3.01. The van der Waals surface area contributed by atoms with Gasteiger partial charge in [-0.15, -0.1) is 0 Å². The summed E-state index contributed by atoms with van der Waals surface area (Å²) in [6.45, 7) is -0.00729. The first kappa shape index (κ1) is 10.9. The standard InChI is InChI=1S/C7H12O5/c8-6(9)3-1-2-4-12-5-7(10)11/h1-5H2,(H,8,9)(H,10,11). The third kappa shape index (κ3) is 8.90. The molecule has 0 unspecified atom stereocenters. The molecule has 0 fully saturated rings. The molecule has 0 bridgehead atoms. The second kappa shape index (κ2) is 6.60. The minimum absolute atomic E-state index is 0.108. The highest BCUT2D eigenvalue weighted by atomic mass is 16.5. The zero-order chi connectivity index (χ0) is 9.40. The minimum Gasteiger partial charge on any atom is -0.481 e. The zero-order valence-corrected chi connectivity index (χ0v) is 6.65. The topological polar surface area (TPSA) is 83.8 Å². The van der Waals surface area contributed by atoms with Gasteiger partial charge in [0.25, 0.3) is 0 Å². The summed E-state index contributed by atoms with van der Waals surface area (Å²) in [6.07, 6.45) is 1.21. The van der Waals surface area contributed by atoms with Crippen LogP contribution in [0.15, 0.2) is 0 Å². The number of aliphatic carboxylic acids is 2. The summed E-state index contributed by atoms with van der Waals surface area (Å²) >= 11 is 0. The van der Waals surface area contributed by atoms with Gasteiger partial charge in [0.15, 0.2) is 0 Å². The fourth-order valence-corrected chi connectivity index (χ4v) is 0.640. The van der Waals surface area contributed by atoms with Crippen LogP contribution in [-0.4, -0.2) is 35.4 Å².